The van der Waals surface area contributed by atoms with E-state index >= 15 is 0 Å². The number of carbonyl (C=O) groups is 4. The molecule has 5 N–H and O–H groups in total. The number of hydrogen-bond donors (Lipinski definition) is 5. The van der Waals surface area contributed by atoms with Gasteiger partial charge in [-0.2, -0.15) is 0 Å². The molecule has 0 radical (unpaired) electrons. The van der Waals surface area contributed by atoms with Crippen LogP contribution in [0.2, 0.25) is 5.02 Å². The number of amides is 4. The SMILES string of the molecule is CC(=O)Nc1ccc(NC(=O)/C=C(\C)NNC(=O)C(=O)Nc2ccc(C)c(Cl)c2)cc1. The van der Waals surface area contributed by atoms with E-state index in [2.05, 4.69) is 26.8 Å². The number of hydrogen-bond acceptors (Lipinski definition) is 5. The fourth-order valence-electron chi connectivity index (χ4n) is 2.32. The van der Waals surface area contributed by atoms with Gasteiger partial charge in [0.15, 0.2) is 0 Å². The number of nitrogens with one attached hydrogen (secondary N) is 5. The summed E-state index contributed by atoms with van der Waals surface area (Å²) in [7, 11) is 0. The van der Waals surface area contributed by atoms with Crippen molar-refractivity contribution < 1.29 is 19.2 Å². The maximum Gasteiger partial charge on any atom is 0.327 e. The third-order valence-electron chi connectivity index (χ3n) is 3.83. The third kappa shape index (κ3) is 7.82. The monoisotopic (exact) mass is 443 g/mol. The summed E-state index contributed by atoms with van der Waals surface area (Å²) in [6.07, 6.45) is 1.21. The standard InChI is InChI=1S/C21H22ClN5O4/c1-12-4-5-17(11-18(12)22)25-20(30)21(31)27-26-13(2)10-19(29)24-16-8-6-15(7-9-16)23-14(3)28/h4-11,26H,1-3H3,(H,23,28)(H,24,29)(H,25,30)(H,27,31)/b13-10+. The molecule has 2 aromatic rings. The van der Waals surface area contributed by atoms with Crippen molar-refractivity contribution in [1.82, 2.24) is 10.9 Å². The highest BCUT2D eigenvalue weighted by molar-refractivity contribution is 6.39. The molecule has 0 saturated heterocycles. The number of halogens is 1. The van der Waals surface area contributed by atoms with Gasteiger partial charge in [0.1, 0.15) is 0 Å². The van der Waals surface area contributed by atoms with Crippen LogP contribution in [-0.4, -0.2) is 23.6 Å². The molecule has 0 aliphatic carbocycles. The second kappa shape index (κ2) is 10.8. The lowest BCUT2D eigenvalue weighted by Gasteiger charge is -2.10. The average molecular weight is 444 g/mol. The Morgan fingerprint density at radius 3 is 1.94 bits per heavy atom. The van der Waals surface area contributed by atoms with Crippen molar-refractivity contribution in [2.45, 2.75) is 20.8 Å². The molecular formula is C21H22ClN5O4. The van der Waals surface area contributed by atoms with E-state index < -0.39 is 17.7 Å². The number of carbonyl (C=O) groups excluding carboxylic acids is 4. The van der Waals surface area contributed by atoms with Gasteiger partial charge in [-0.15, -0.1) is 0 Å². The maximum absolute atomic E-state index is 12.1. The van der Waals surface area contributed by atoms with Crippen LogP contribution in [0.1, 0.15) is 19.4 Å². The first-order valence-electron chi connectivity index (χ1n) is 9.14. The summed E-state index contributed by atoms with van der Waals surface area (Å²) < 4.78 is 0. The van der Waals surface area contributed by atoms with Crippen LogP contribution in [-0.2, 0) is 19.2 Å². The minimum absolute atomic E-state index is 0.195. The highest BCUT2D eigenvalue weighted by Gasteiger charge is 2.14. The molecule has 31 heavy (non-hydrogen) atoms. The molecule has 0 spiro atoms. The van der Waals surface area contributed by atoms with Gasteiger partial charge in [-0.1, -0.05) is 17.7 Å². The predicted molar refractivity (Wildman–Crippen MR) is 119 cm³/mol. The van der Waals surface area contributed by atoms with Crippen LogP contribution in [0, 0.1) is 6.92 Å². The van der Waals surface area contributed by atoms with Crippen LogP contribution in [0.25, 0.3) is 0 Å². The Morgan fingerprint density at radius 1 is 0.774 bits per heavy atom. The van der Waals surface area contributed by atoms with Gasteiger partial charge in [-0.3, -0.25) is 24.6 Å². The zero-order valence-corrected chi connectivity index (χ0v) is 17.9. The van der Waals surface area contributed by atoms with Crippen molar-refractivity contribution in [3.05, 3.63) is 64.8 Å². The molecule has 0 atom stereocenters. The van der Waals surface area contributed by atoms with E-state index in [4.69, 9.17) is 11.6 Å². The van der Waals surface area contributed by atoms with Gasteiger partial charge in [0, 0.05) is 40.8 Å². The van der Waals surface area contributed by atoms with Gasteiger partial charge in [0.05, 0.1) is 0 Å². The van der Waals surface area contributed by atoms with Gasteiger partial charge < -0.3 is 21.4 Å². The summed E-state index contributed by atoms with van der Waals surface area (Å²) in [4.78, 5) is 46.9. The number of aryl methyl sites for hydroxylation is 1. The number of benzene rings is 2. The van der Waals surface area contributed by atoms with Gasteiger partial charge in [0.25, 0.3) is 0 Å². The lowest BCUT2D eigenvalue weighted by Crippen LogP contribution is -2.43. The number of hydrazine groups is 1. The topological polar surface area (TPSA) is 128 Å². The quantitative estimate of drug-likeness (QED) is 0.266. The van der Waals surface area contributed by atoms with Gasteiger partial charge in [-0.05, 0) is 55.8 Å². The van der Waals surface area contributed by atoms with E-state index in [1.54, 1.807) is 36.4 Å². The summed E-state index contributed by atoms with van der Waals surface area (Å²) >= 11 is 5.99. The molecule has 2 aromatic carbocycles. The Labute approximate surface area is 184 Å². The highest BCUT2D eigenvalue weighted by Crippen LogP contribution is 2.19. The molecule has 4 amide bonds. The summed E-state index contributed by atoms with van der Waals surface area (Å²) in [6.45, 7) is 4.75. The second-order valence-corrected chi connectivity index (χ2v) is 6.98. The second-order valence-electron chi connectivity index (χ2n) is 6.57. The average Bonchev–Trinajstić information content (AvgIpc) is 2.70. The maximum atomic E-state index is 12.1. The third-order valence-corrected chi connectivity index (χ3v) is 4.24. The summed E-state index contributed by atoms with van der Waals surface area (Å²) in [5.41, 5.74) is 7.33. The minimum Gasteiger partial charge on any atom is -0.326 e. The molecule has 10 heteroatoms. The smallest absolute Gasteiger partial charge is 0.326 e. The Morgan fingerprint density at radius 2 is 1.35 bits per heavy atom. The lowest BCUT2D eigenvalue weighted by molar-refractivity contribution is -0.136. The molecule has 0 heterocycles. The molecule has 2 rings (SSSR count). The molecule has 0 bridgehead atoms. The lowest BCUT2D eigenvalue weighted by atomic mass is 10.2. The van der Waals surface area contributed by atoms with E-state index in [0.29, 0.717) is 27.8 Å². The molecule has 0 unspecified atom stereocenters. The van der Waals surface area contributed by atoms with Crippen LogP contribution in [0.15, 0.2) is 54.2 Å². The largest absolute Gasteiger partial charge is 0.327 e. The number of allylic oxidation sites excluding steroid dienone is 1. The first-order valence-corrected chi connectivity index (χ1v) is 9.52. The fourth-order valence-corrected chi connectivity index (χ4v) is 2.50. The first kappa shape index (κ1) is 23.4. The molecule has 0 saturated carbocycles. The van der Waals surface area contributed by atoms with Gasteiger partial charge in [0.2, 0.25) is 11.8 Å². The Hall–Kier alpha value is -3.85. The summed E-state index contributed by atoms with van der Waals surface area (Å²) in [5.74, 6) is -2.49. The van der Waals surface area contributed by atoms with Crippen molar-refractivity contribution in [3.63, 3.8) is 0 Å². The molecule has 162 valence electrons. The van der Waals surface area contributed by atoms with Crippen molar-refractivity contribution in [2.24, 2.45) is 0 Å². The van der Waals surface area contributed by atoms with Crippen LogP contribution in [0.3, 0.4) is 0 Å². The normalized spacial score (nSPS) is 10.6. The van der Waals surface area contributed by atoms with Crippen LogP contribution in [0.4, 0.5) is 17.1 Å². The minimum atomic E-state index is -0.946. The Bertz CT molecular complexity index is 1030. The zero-order valence-electron chi connectivity index (χ0n) is 17.1. The molecule has 0 fully saturated rings. The van der Waals surface area contributed by atoms with Crippen molar-refractivity contribution >= 4 is 52.3 Å². The Kier molecular flexibility index (Phi) is 8.16. The zero-order chi connectivity index (χ0) is 23.0. The Balaban J connectivity index is 1.83. The van der Waals surface area contributed by atoms with Crippen molar-refractivity contribution in [3.8, 4) is 0 Å². The van der Waals surface area contributed by atoms with E-state index in [1.165, 1.54) is 26.0 Å². The summed E-state index contributed by atoms with van der Waals surface area (Å²) in [5, 5.41) is 8.14. The van der Waals surface area contributed by atoms with E-state index in [9.17, 15) is 19.2 Å². The van der Waals surface area contributed by atoms with Crippen LogP contribution < -0.4 is 26.8 Å². The van der Waals surface area contributed by atoms with Crippen molar-refractivity contribution in [2.75, 3.05) is 16.0 Å². The number of anilines is 3. The van der Waals surface area contributed by atoms with Crippen LogP contribution >= 0.6 is 11.6 Å². The van der Waals surface area contributed by atoms with E-state index in [-0.39, 0.29) is 5.91 Å². The molecule has 0 aliphatic rings. The van der Waals surface area contributed by atoms with Crippen molar-refractivity contribution in [1.29, 1.82) is 0 Å². The first-order chi connectivity index (χ1) is 14.6. The highest BCUT2D eigenvalue weighted by atomic mass is 35.5. The summed E-state index contributed by atoms with van der Waals surface area (Å²) in [6, 6.07) is 11.4. The van der Waals surface area contributed by atoms with Gasteiger partial charge in [-0.25, -0.2) is 0 Å². The van der Waals surface area contributed by atoms with E-state index in [0.717, 1.165) is 5.56 Å². The molecule has 0 aromatic heterocycles. The molecule has 0 aliphatic heterocycles. The molecular weight excluding hydrogens is 422 g/mol. The molecule has 9 nitrogen and oxygen atoms in total. The predicted octanol–water partition coefficient (Wildman–Crippen LogP) is 2.71. The van der Waals surface area contributed by atoms with Crippen LogP contribution in [0.5, 0.6) is 0 Å². The number of rotatable bonds is 6. The van der Waals surface area contributed by atoms with E-state index in [1.807, 2.05) is 6.92 Å². The van der Waals surface area contributed by atoms with Gasteiger partial charge >= 0.3 is 11.8 Å². The fraction of sp³-hybridized carbons (Fsp3) is 0.143.